The van der Waals surface area contributed by atoms with Gasteiger partial charge >= 0.3 is 6.09 Å². The summed E-state index contributed by atoms with van der Waals surface area (Å²) in [5.41, 5.74) is 0.849. The van der Waals surface area contributed by atoms with E-state index < -0.39 is 21.8 Å². The van der Waals surface area contributed by atoms with Crippen LogP contribution in [-0.4, -0.2) is 27.0 Å². The van der Waals surface area contributed by atoms with Crippen LogP contribution in [0.15, 0.2) is 29.2 Å². The van der Waals surface area contributed by atoms with Crippen molar-refractivity contribution in [3.8, 4) is 0 Å². The number of sulfone groups is 1. The highest BCUT2D eigenvalue weighted by molar-refractivity contribution is 7.91. The van der Waals surface area contributed by atoms with E-state index in [1.807, 2.05) is 0 Å². The van der Waals surface area contributed by atoms with Gasteiger partial charge in [-0.3, -0.25) is 0 Å². The predicted molar refractivity (Wildman–Crippen MR) is 63.4 cm³/mol. The minimum Gasteiger partial charge on any atom is -0.450 e. The first-order chi connectivity index (χ1) is 7.95. The van der Waals surface area contributed by atoms with Gasteiger partial charge in [0.15, 0.2) is 9.84 Å². The average molecular weight is 257 g/mol. The number of alkyl carbamates (subject to hydrolysis) is 1. The summed E-state index contributed by atoms with van der Waals surface area (Å²) in [6.07, 6.45) is -0.733. The maximum atomic E-state index is 11.8. The van der Waals surface area contributed by atoms with Gasteiger partial charge in [0.2, 0.25) is 0 Å². The molecule has 0 atom stereocenters. The molecule has 1 N–H and O–H groups in total. The first-order valence-corrected chi connectivity index (χ1v) is 6.81. The lowest BCUT2D eigenvalue weighted by molar-refractivity contribution is 0.154. The highest BCUT2D eigenvalue weighted by Crippen LogP contribution is 2.11. The van der Waals surface area contributed by atoms with Crippen LogP contribution in [0.2, 0.25) is 0 Å². The summed E-state index contributed by atoms with van der Waals surface area (Å²) < 4.78 is 28.2. The van der Waals surface area contributed by atoms with Gasteiger partial charge in [-0.15, -0.1) is 0 Å². The van der Waals surface area contributed by atoms with Crippen molar-refractivity contribution in [3.05, 3.63) is 29.8 Å². The number of carbonyl (C=O) groups excluding carboxylic acids is 1. The van der Waals surface area contributed by atoms with Crippen molar-refractivity contribution in [2.45, 2.75) is 18.7 Å². The van der Waals surface area contributed by atoms with E-state index in [2.05, 4.69) is 10.1 Å². The Hall–Kier alpha value is -1.56. The van der Waals surface area contributed by atoms with Gasteiger partial charge in [-0.05, 0) is 31.5 Å². The van der Waals surface area contributed by atoms with Gasteiger partial charge in [0.25, 0.3) is 0 Å². The molecule has 0 saturated heterocycles. The van der Waals surface area contributed by atoms with E-state index in [4.69, 9.17) is 0 Å². The number of carbonyl (C=O) groups is 1. The van der Waals surface area contributed by atoms with E-state index in [0.29, 0.717) is 0 Å². The highest BCUT2D eigenvalue weighted by atomic mass is 32.2. The lowest BCUT2D eigenvalue weighted by Gasteiger charge is -2.07. The Labute approximate surface area is 101 Å². The molecule has 0 saturated carbocycles. The van der Waals surface area contributed by atoms with Gasteiger partial charge < -0.3 is 10.1 Å². The smallest absolute Gasteiger partial charge is 0.407 e. The second-order valence-electron chi connectivity index (χ2n) is 3.47. The van der Waals surface area contributed by atoms with Crippen LogP contribution in [0.3, 0.4) is 0 Å². The molecule has 0 spiro atoms. The number of hydrogen-bond acceptors (Lipinski definition) is 4. The summed E-state index contributed by atoms with van der Waals surface area (Å²) in [6.45, 7) is 3.66. The minimum atomic E-state index is -3.51. The van der Waals surface area contributed by atoms with Crippen LogP contribution >= 0.6 is 0 Å². The summed E-state index contributed by atoms with van der Waals surface area (Å²) in [5.74, 6) is -0.463. The van der Waals surface area contributed by atoms with Crippen molar-refractivity contribution < 1.29 is 17.9 Å². The second kappa shape index (κ2) is 5.67. The fourth-order valence-electron chi connectivity index (χ4n) is 1.23. The molecule has 0 aliphatic carbocycles. The molecule has 0 fully saturated rings. The minimum absolute atomic E-state index is 0.189. The molecule has 0 aliphatic rings. The molecular formula is C11H15NO4S. The van der Waals surface area contributed by atoms with Crippen LogP contribution in [0.1, 0.15) is 12.5 Å². The Kier molecular flexibility index (Phi) is 4.51. The Morgan fingerprint density at radius 2 is 2.12 bits per heavy atom. The number of nitrogens with one attached hydrogen (secondary N) is 1. The van der Waals surface area contributed by atoms with E-state index in [1.165, 1.54) is 6.07 Å². The van der Waals surface area contributed by atoms with Gasteiger partial charge in [0, 0.05) is 0 Å². The zero-order valence-corrected chi connectivity index (χ0v) is 10.6. The molecule has 0 radical (unpaired) electrons. The molecule has 0 aromatic heterocycles. The zero-order valence-electron chi connectivity index (χ0n) is 9.76. The van der Waals surface area contributed by atoms with Crippen LogP contribution in [0, 0.1) is 6.92 Å². The van der Waals surface area contributed by atoms with Crippen molar-refractivity contribution in [1.82, 2.24) is 5.32 Å². The van der Waals surface area contributed by atoms with Crippen LogP contribution in [0.4, 0.5) is 4.79 Å². The highest BCUT2D eigenvalue weighted by Gasteiger charge is 2.15. The molecule has 5 nitrogen and oxygen atoms in total. The first kappa shape index (κ1) is 13.5. The standard InChI is InChI=1S/C11H15NO4S/c1-3-16-11(13)12-8-17(14,15)10-6-4-5-9(2)7-10/h4-7H,3,8H2,1-2H3,(H,12,13). The average Bonchev–Trinajstić information content (AvgIpc) is 2.27. The molecule has 6 heteroatoms. The first-order valence-electron chi connectivity index (χ1n) is 5.16. The second-order valence-corrected chi connectivity index (χ2v) is 5.46. The molecule has 0 heterocycles. The van der Waals surface area contributed by atoms with Gasteiger partial charge in [-0.25, -0.2) is 13.2 Å². The fourth-order valence-corrected chi connectivity index (χ4v) is 2.35. The molecule has 0 bridgehead atoms. The predicted octanol–water partition coefficient (Wildman–Crippen LogP) is 1.47. The molecule has 17 heavy (non-hydrogen) atoms. The van der Waals surface area contributed by atoms with Crippen LogP contribution < -0.4 is 5.32 Å². The Morgan fingerprint density at radius 1 is 1.41 bits per heavy atom. The monoisotopic (exact) mass is 257 g/mol. The maximum absolute atomic E-state index is 11.8. The fraction of sp³-hybridized carbons (Fsp3) is 0.364. The normalized spacial score (nSPS) is 10.9. The molecule has 0 aliphatic heterocycles. The van der Waals surface area contributed by atoms with Crippen LogP contribution in [-0.2, 0) is 14.6 Å². The third kappa shape index (κ3) is 4.07. The summed E-state index contributed by atoms with van der Waals surface area (Å²) >= 11 is 0. The Bertz CT molecular complexity index is 496. The lowest BCUT2D eigenvalue weighted by Crippen LogP contribution is -2.30. The quantitative estimate of drug-likeness (QED) is 0.886. The van der Waals surface area contributed by atoms with Crippen molar-refractivity contribution >= 4 is 15.9 Å². The van der Waals surface area contributed by atoms with Gasteiger partial charge in [0.05, 0.1) is 11.5 Å². The van der Waals surface area contributed by atoms with Crippen molar-refractivity contribution in [1.29, 1.82) is 0 Å². The molecule has 1 rings (SSSR count). The Balaban J connectivity index is 2.73. The van der Waals surface area contributed by atoms with Crippen molar-refractivity contribution in [2.24, 2.45) is 0 Å². The van der Waals surface area contributed by atoms with E-state index >= 15 is 0 Å². The third-order valence-corrected chi connectivity index (χ3v) is 3.53. The number of aryl methyl sites for hydroxylation is 1. The number of benzene rings is 1. The molecule has 1 amide bonds. The molecule has 1 aromatic rings. The molecule has 1 aromatic carbocycles. The van der Waals surface area contributed by atoms with Crippen molar-refractivity contribution in [2.75, 3.05) is 12.5 Å². The van der Waals surface area contributed by atoms with Gasteiger partial charge in [0.1, 0.15) is 5.88 Å². The largest absolute Gasteiger partial charge is 0.450 e. The summed E-state index contributed by atoms with van der Waals surface area (Å²) in [4.78, 5) is 11.2. The van der Waals surface area contributed by atoms with Crippen molar-refractivity contribution in [3.63, 3.8) is 0 Å². The van der Waals surface area contributed by atoms with E-state index in [0.717, 1.165) is 5.56 Å². The zero-order chi connectivity index (χ0) is 12.9. The number of rotatable bonds is 4. The lowest BCUT2D eigenvalue weighted by atomic mass is 10.2. The Morgan fingerprint density at radius 3 is 2.71 bits per heavy atom. The summed E-state index contributed by atoms with van der Waals surface area (Å²) in [5, 5.41) is 2.19. The van der Waals surface area contributed by atoms with E-state index in [9.17, 15) is 13.2 Å². The molecule has 0 unspecified atom stereocenters. The molecule has 94 valence electrons. The van der Waals surface area contributed by atoms with Crippen LogP contribution in [0.5, 0.6) is 0 Å². The number of hydrogen-bond donors (Lipinski definition) is 1. The number of ether oxygens (including phenoxy) is 1. The number of amides is 1. The van der Waals surface area contributed by atoms with Crippen LogP contribution in [0.25, 0.3) is 0 Å². The SMILES string of the molecule is CCOC(=O)NCS(=O)(=O)c1cccc(C)c1. The van der Waals surface area contributed by atoms with Gasteiger partial charge in [-0.2, -0.15) is 0 Å². The summed E-state index contributed by atoms with van der Waals surface area (Å²) in [6, 6.07) is 6.52. The molecular weight excluding hydrogens is 242 g/mol. The van der Waals surface area contributed by atoms with E-state index in [1.54, 1.807) is 32.0 Å². The maximum Gasteiger partial charge on any atom is 0.407 e. The van der Waals surface area contributed by atoms with Gasteiger partial charge in [-0.1, -0.05) is 12.1 Å². The topological polar surface area (TPSA) is 72.5 Å². The third-order valence-electron chi connectivity index (χ3n) is 2.03. The van der Waals surface area contributed by atoms with E-state index in [-0.39, 0.29) is 11.5 Å². The summed E-state index contributed by atoms with van der Waals surface area (Å²) in [7, 11) is -3.51.